The zero-order chi connectivity index (χ0) is 13.2. The number of hydrogen-bond donors (Lipinski definition) is 2. The highest BCUT2D eigenvalue weighted by atomic mass is 19.1. The molecule has 0 heterocycles. The molecule has 2 rings (SSSR count). The summed E-state index contributed by atoms with van der Waals surface area (Å²) in [6.45, 7) is 2.94. The van der Waals surface area contributed by atoms with Gasteiger partial charge in [-0.15, -0.1) is 0 Å². The van der Waals surface area contributed by atoms with Crippen LogP contribution in [0.3, 0.4) is 0 Å². The normalized spacial score (nSPS) is 28.3. The van der Waals surface area contributed by atoms with Crippen molar-refractivity contribution in [3.63, 3.8) is 0 Å². The molecule has 100 valence electrons. The third-order valence-corrected chi connectivity index (χ3v) is 3.71. The molecule has 2 nitrogen and oxygen atoms in total. The Morgan fingerprint density at radius 3 is 2.28 bits per heavy atom. The largest absolute Gasteiger partial charge is 0.385 e. The summed E-state index contributed by atoms with van der Waals surface area (Å²) in [5.74, 6) is -1.26. The van der Waals surface area contributed by atoms with Crippen LogP contribution in [0.4, 0.5) is 8.78 Å². The van der Waals surface area contributed by atoms with Gasteiger partial charge in [0.1, 0.15) is 11.6 Å². The average Bonchev–Trinajstić information content (AvgIpc) is 2.31. The van der Waals surface area contributed by atoms with Gasteiger partial charge in [-0.25, -0.2) is 8.78 Å². The van der Waals surface area contributed by atoms with E-state index in [1.165, 1.54) is 12.1 Å². The van der Waals surface area contributed by atoms with E-state index in [-0.39, 0.29) is 0 Å². The lowest BCUT2D eigenvalue weighted by molar-refractivity contribution is -0.00865. The summed E-state index contributed by atoms with van der Waals surface area (Å²) in [6.07, 6.45) is 2.71. The Hall–Kier alpha value is -1.00. The number of rotatable bonds is 3. The minimum absolute atomic E-state index is 0.356. The van der Waals surface area contributed by atoms with E-state index in [2.05, 4.69) is 5.32 Å². The zero-order valence-corrected chi connectivity index (χ0v) is 10.5. The molecule has 1 aliphatic rings. The van der Waals surface area contributed by atoms with E-state index >= 15 is 0 Å². The Balaban J connectivity index is 2.13. The predicted octanol–water partition coefficient (Wildman–Crippen LogP) is 2.70. The first kappa shape index (κ1) is 13.4. The first-order chi connectivity index (χ1) is 8.53. The Kier molecular flexibility index (Phi) is 3.97. The van der Waals surface area contributed by atoms with Crippen molar-refractivity contribution in [3.8, 4) is 0 Å². The van der Waals surface area contributed by atoms with Crippen LogP contribution in [0.5, 0.6) is 0 Å². The van der Waals surface area contributed by atoms with Crippen LogP contribution < -0.4 is 5.32 Å². The molecule has 0 atom stereocenters. The average molecular weight is 255 g/mol. The van der Waals surface area contributed by atoms with Crippen LogP contribution in [0.15, 0.2) is 18.2 Å². The zero-order valence-electron chi connectivity index (χ0n) is 10.5. The van der Waals surface area contributed by atoms with Gasteiger partial charge >= 0.3 is 0 Å². The standard InChI is InChI=1S/C14H19F2NO/c1-2-17-13-3-5-14(18,6-4-13)10-7-11(15)9-12(16)8-10/h7-9,13,17-18H,2-6H2,1H3. The van der Waals surface area contributed by atoms with Crippen LogP contribution in [0.2, 0.25) is 0 Å². The second-order valence-electron chi connectivity index (χ2n) is 5.02. The van der Waals surface area contributed by atoms with Gasteiger partial charge in [0.25, 0.3) is 0 Å². The van der Waals surface area contributed by atoms with E-state index in [0.29, 0.717) is 24.4 Å². The summed E-state index contributed by atoms with van der Waals surface area (Å²) in [7, 11) is 0. The summed E-state index contributed by atoms with van der Waals surface area (Å²) < 4.78 is 26.4. The molecule has 0 amide bonds. The van der Waals surface area contributed by atoms with Crippen molar-refractivity contribution < 1.29 is 13.9 Å². The highest BCUT2D eigenvalue weighted by molar-refractivity contribution is 5.25. The molecule has 1 saturated carbocycles. The second-order valence-corrected chi connectivity index (χ2v) is 5.02. The quantitative estimate of drug-likeness (QED) is 0.870. The maximum absolute atomic E-state index is 13.2. The minimum atomic E-state index is -1.09. The summed E-state index contributed by atoms with van der Waals surface area (Å²) in [5, 5.41) is 13.9. The number of halogens is 2. The lowest BCUT2D eigenvalue weighted by Crippen LogP contribution is -2.39. The molecule has 0 aromatic heterocycles. The molecule has 0 aliphatic heterocycles. The van der Waals surface area contributed by atoms with Crippen molar-refractivity contribution in [2.75, 3.05) is 6.54 Å². The Morgan fingerprint density at radius 2 is 1.78 bits per heavy atom. The highest BCUT2D eigenvalue weighted by Gasteiger charge is 2.35. The molecule has 2 N–H and O–H groups in total. The molecule has 0 spiro atoms. The van der Waals surface area contributed by atoms with Gasteiger partial charge in [-0.05, 0) is 49.9 Å². The first-order valence-electron chi connectivity index (χ1n) is 6.46. The van der Waals surface area contributed by atoms with Gasteiger partial charge in [0, 0.05) is 12.1 Å². The monoisotopic (exact) mass is 255 g/mol. The fraction of sp³-hybridized carbons (Fsp3) is 0.571. The van der Waals surface area contributed by atoms with E-state index in [0.717, 1.165) is 25.5 Å². The van der Waals surface area contributed by atoms with Crippen molar-refractivity contribution >= 4 is 0 Å². The van der Waals surface area contributed by atoms with E-state index in [1.807, 2.05) is 6.92 Å². The van der Waals surface area contributed by atoms with Crippen molar-refractivity contribution in [1.82, 2.24) is 5.32 Å². The first-order valence-corrected chi connectivity index (χ1v) is 6.46. The molecule has 1 fully saturated rings. The van der Waals surface area contributed by atoms with Crippen molar-refractivity contribution in [3.05, 3.63) is 35.4 Å². The maximum atomic E-state index is 13.2. The van der Waals surface area contributed by atoms with E-state index in [4.69, 9.17) is 0 Å². The van der Waals surface area contributed by atoms with Gasteiger partial charge in [0.2, 0.25) is 0 Å². The smallest absolute Gasteiger partial charge is 0.126 e. The third kappa shape index (κ3) is 2.87. The summed E-state index contributed by atoms with van der Waals surface area (Å²) in [4.78, 5) is 0. The summed E-state index contributed by atoms with van der Waals surface area (Å²) in [6, 6.07) is 3.69. The lowest BCUT2D eigenvalue weighted by Gasteiger charge is -2.36. The third-order valence-electron chi connectivity index (χ3n) is 3.71. The minimum Gasteiger partial charge on any atom is -0.385 e. The van der Waals surface area contributed by atoms with Gasteiger partial charge in [0.15, 0.2) is 0 Å². The molecule has 0 radical (unpaired) electrons. The number of nitrogens with one attached hydrogen (secondary N) is 1. The van der Waals surface area contributed by atoms with Crippen molar-refractivity contribution in [1.29, 1.82) is 0 Å². The van der Waals surface area contributed by atoms with Crippen LogP contribution in [0, 0.1) is 11.6 Å². The van der Waals surface area contributed by atoms with Crippen LogP contribution in [-0.4, -0.2) is 17.7 Å². The molecule has 0 bridgehead atoms. The van der Waals surface area contributed by atoms with Crippen molar-refractivity contribution in [2.24, 2.45) is 0 Å². The molecule has 18 heavy (non-hydrogen) atoms. The number of benzene rings is 1. The topological polar surface area (TPSA) is 32.3 Å². The predicted molar refractivity (Wildman–Crippen MR) is 66.2 cm³/mol. The highest BCUT2D eigenvalue weighted by Crippen LogP contribution is 2.37. The number of hydrogen-bond acceptors (Lipinski definition) is 2. The van der Waals surface area contributed by atoms with Gasteiger partial charge in [-0.2, -0.15) is 0 Å². The Bertz CT molecular complexity index is 394. The van der Waals surface area contributed by atoms with Crippen LogP contribution in [0.25, 0.3) is 0 Å². The van der Waals surface area contributed by atoms with Crippen molar-refractivity contribution in [2.45, 2.75) is 44.2 Å². The molecule has 1 aromatic rings. The second kappa shape index (κ2) is 5.33. The Labute approximate surface area is 106 Å². The molecule has 0 saturated heterocycles. The van der Waals surface area contributed by atoms with Crippen LogP contribution in [0.1, 0.15) is 38.2 Å². The number of aliphatic hydroxyl groups is 1. The van der Waals surface area contributed by atoms with E-state index in [9.17, 15) is 13.9 Å². The van der Waals surface area contributed by atoms with Gasteiger partial charge in [-0.1, -0.05) is 6.92 Å². The molecule has 4 heteroatoms. The molecule has 1 aromatic carbocycles. The summed E-state index contributed by atoms with van der Waals surface area (Å²) in [5.41, 5.74) is -0.732. The molecular weight excluding hydrogens is 236 g/mol. The fourth-order valence-electron chi connectivity index (χ4n) is 2.70. The fourth-order valence-corrected chi connectivity index (χ4v) is 2.70. The Morgan fingerprint density at radius 1 is 1.22 bits per heavy atom. The summed E-state index contributed by atoms with van der Waals surface area (Å²) >= 11 is 0. The van der Waals surface area contributed by atoms with Gasteiger partial charge < -0.3 is 10.4 Å². The molecular formula is C14H19F2NO. The SMILES string of the molecule is CCNC1CCC(O)(c2cc(F)cc(F)c2)CC1. The van der Waals surface area contributed by atoms with E-state index in [1.54, 1.807) is 0 Å². The van der Waals surface area contributed by atoms with Gasteiger partial charge in [-0.3, -0.25) is 0 Å². The molecule has 0 unspecified atom stereocenters. The lowest BCUT2D eigenvalue weighted by atomic mass is 9.77. The van der Waals surface area contributed by atoms with Crippen LogP contribution >= 0.6 is 0 Å². The van der Waals surface area contributed by atoms with E-state index < -0.39 is 17.2 Å². The van der Waals surface area contributed by atoms with Crippen LogP contribution in [-0.2, 0) is 5.60 Å². The van der Waals surface area contributed by atoms with Gasteiger partial charge in [0.05, 0.1) is 5.60 Å². The molecule has 1 aliphatic carbocycles. The maximum Gasteiger partial charge on any atom is 0.126 e.